The van der Waals surface area contributed by atoms with Crippen LogP contribution in [0.2, 0.25) is 0 Å². The van der Waals surface area contributed by atoms with Gasteiger partial charge in [0.25, 0.3) is 0 Å². The summed E-state index contributed by atoms with van der Waals surface area (Å²) < 4.78 is 10.8. The minimum atomic E-state index is -0.880. The molecule has 2 heterocycles. The summed E-state index contributed by atoms with van der Waals surface area (Å²) in [6.45, 7) is 5.44. The Kier molecular flexibility index (Phi) is 6.22. The van der Waals surface area contributed by atoms with E-state index in [1.165, 1.54) is 0 Å². The van der Waals surface area contributed by atoms with E-state index in [0.717, 1.165) is 26.2 Å². The van der Waals surface area contributed by atoms with Gasteiger partial charge in [-0.2, -0.15) is 0 Å². The topological polar surface area (TPSA) is 74.3 Å². The van der Waals surface area contributed by atoms with Gasteiger partial charge in [0, 0.05) is 33.5 Å². The molecule has 2 aliphatic heterocycles. The Balaban J connectivity index is 2.17. The molecule has 0 radical (unpaired) electrons. The molecule has 2 N–H and O–H groups in total. The molecule has 0 aliphatic carbocycles. The van der Waals surface area contributed by atoms with Gasteiger partial charge in [-0.15, -0.1) is 0 Å². The van der Waals surface area contributed by atoms with E-state index in [-0.39, 0.29) is 6.54 Å². The van der Waals surface area contributed by atoms with Crippen molar-refractivity contribution in [2.24, 2.45) is 0 Å². The van der Waals surface area contributed by atoms with Crippen LogP contribution in [0.15, 0.2) is 0 Å². The maximum atomic E-state index is 10.9. The first-order chi connectivity index (χ1) is 9.69. The second-order valence-corrected chi connectivity index (χ2v) is 6.03. The highest BCUT2D eigenvalue weighted by molar-refractivity contribution is 7.97. The molecule has 2 aliphatic rings. The zero-order chi connectivity index (χ0) is 14.4. The van der Waals surface area contributed by atoms with Gasteiger partial charge < -0.3 is 14.6 Å². The minimum Gasteiger partial charge on any atom is -0.480 e. The van der Waals surface area contributed by atoms with Crippen molar-refractivity contribution >= 4 is 25.1 Å². The van der Waals surface area contributed by atoms with Crippen molar-refractivity contribution in [3.05, 3.63) is 0 Å². The summed E-state index contributed by atoms with van der Waals surface area (Å²) >= 11 is 5.35. The average Bonchev–Trinajstić information content (AvgIpc) is 2.50. The van der Waals surface area contributed by atoms with Crippen molar-refractivity contribution in [3.63, 3.8) is 0 Å². The number of morpholine rings is 2. The zero-order valence-corrected chi connectivity index (χ0v) is 13.0. The molecule has 2 rings (SSSR count). The summed E-state index contributed by atoms with van der Waals surface area (Å²) in [5.74, 6) is -0.880. The molecule has 0 amide bonds. The highest BCUT2D eigenvalue weighted by Gasteiger charge is 2.42. The average molecular weight is 321 g/mol. The SMILES string of the molecule is O=C(O)CNC(P=S)(N1CCOCC1)N1CCOCC1. The molecule has 0 aromatic rings. The molecule has 0 spiro atoms. The molecule has 2 saturated heterocycles. The third kappa shape index (κ3) is 3.71. The van der Waals surface area contributed by atoms with E-state index in [1.54, 1.807) is 0 Å². The number of nitrogens with one attached hydrogen (secondary N) is 1. The van der Waals surface area contributed by atoms with E-state index in [2.05, 4.69) is 15.1 Å². The number of nitrogens with zero attached hydrogens (tertiary/aromatic N) is 2. The Morgan fingerprint density at radius 2 is 1.60 bits per heavy atom. The van der Waals surface area contributed by atoms with Crippen LogP contribution >= 0.6 is 7.36 Å². The third-order valence-corrected chi connectivity index (χ3v) is 5.25. The normalized spacial score (nSPS) is 23.0. The van der Waals surface area contributed by atoms with E-state index in [4.69, 9.17) is 26.4 Å². The first kappa shape index (κ1) is 16.2. The predicted octanol–water partition coefficient (Wildman–Crippen LogP) is -0.656. The number of carboxylic acid groups (broad SMARTS) is 1. The van der Waals surface area contributed by atoms with Crippen LogP contribution in [0, 0.1) is 0 Å². The Morgan fingerprint density at radius 1 is 1.15 bits per heavy atom. The number of carbonyl (C=O) groups is 1. The Morgan fingerprint density at radius 3 is 1.95 bits per heavy atom. The fourth-order valence-electron chi connectivity index (χ4n) is 2.52. The molecule has 0 aromatic carbocycles. The van der Waals surface area contributed by atoms with E-state index in [0.29, 0.717) is 33.8 Å². The van der Waals surface area contributed by atoms with Crippen LogP contribution in [0.5, 0.6) is 0 Å². The second-order valence-electron chi connectivity index (χ2n) is 4.67. The van der Waals surface area contributed by atoms with Gasteiger partial charge in [0.2, 0.25) is 0 Å². The van der Waals surface area contributed by atoms with Gasteiger partial charge in [0.05, 0.1) is 33.0 Å². The summed E-state index contributed by atoms with van der Waals surface area (Å²) in [7, 11) is 0.676. The Labute approximate surface area is 125 Å². The first-order valence-electron chi connectivity index (χ1n) is 6.66. The van der Waals surface area contributed by atoms with Crippen LogP contribution in [-0.2, 0) is 26.1 Å². The van der Waals surface area contributed by atoms with E-state index < -0.39 is 11.5 Å². The molecule has 0 saturated carbocycles. The zero-order valence-electron chi connectivity index (χ0n) is 11.3. The number of aliphatic carboxylic acids is 1. The fraction of sp³-hybridized carbons (Fsp3) is 0.909. The van der Waals surface area contributed by atoms with E-state index >= 15 is 0 Å². The maximum absolute atomic E-state index is 10.9. The monoisotopic (exact) mass is 321 g/mol. The molecule has 2 fully saturated rings. The Hall–Kier alpha value is -0.210. The van der Waals surface area contributed by atoms with Crippen molar-refractivity contribution in [2.45, 2.75) is 5.53 Å². The molecular formula is C11H20N3O4PS. The van der Waals surface area contributed by atoms with Gasteiger partial charge in [0.15, 0.2) is 5.53 Å². The minimum absolute atomic E-state index is 0.113. The molecule has 20 heavy (non-hydrogen) atoms. The van der Waals surface area contributed by atoms with Crippen LogP contribution in [0.25, 0.3) is 0 Å². The third-order valence-electron chi connectivity index (χ3n) is 3.51. The number of ether oxygens (including phenoxy) is 2. The maximum Gasteiger partial charge on any atom is 0.317 e. The molecule has 7 nitrogen and oxygen atoms in total. The van der Waals surface area contributed by atoms with Crippen molar-refractivity contribution < 1.29 is 19.4 Å². The number of hydrogen-bond donors (Lipinski definition) is 2. The molecule has 0 aromatic heterocycles. The van der Waals surface area contributed by atoms with Gasteiger partial charge >= 0.3 is 5.97 Å². The quantitative estimate of drug-likeness (QED) is 0.625. The number of rotatable bonds is 6. The highest BCUT2D eigenvalue weighted by atomic mass is 32.4. The van der Waals surface area contributed by atoms with Gasteiger partial charge in [-0.25, -0.2) is 0 Å². The fourth-order valence-corrected chi connectivity index (χ4v) is 4.18. The molecule has 0 bridgehead atoms. The molecule has 114 valence electrons. The van der Waals surface area contributed by atoms with Crippen LogP contribution in [0.4, 0.5) is 0 Å². The van der Waals surface area contributed by atoms with Gasteiger partial charge in [-0.05, 0) is 0 Å². The lowest BCUT2D eigenvalue weighted by Crippen LogP contribution is -2.69. The van der Waals surface area contributed by atoms with Crippen LogP contribution in [-0.4, -0.2) is 85.6 Å². The summed E-state index contributed by atoms with van der Waals surface area (Å²) in [5, 5.41) is 12.1. The van der Waals surface area contributed by atoms with Crippen LogP contribution in [0.1, 0.15) is 0 Å². The first-order valence-corrected chi connectivity index (χ1v) is 8.57. The van der Waals surface area contributed by atoms with Crippen LogP contribution < -0.4 is 5.32 Å². The lowest BCUT2D eigenvalue weighted by molar-refractivity contribution is -0.139. The Bertz CT molecular complexity index is 331. The molecule has 0 unspecified atom stereocenters. The van der Waals surface area contributed by atoms with Gasteiger partial charge in [-0.3, -0.25) is 19.9 Å². The van der Waals surface area contributed by atoms with Crippen LogP contribution in [0.3, 0.4) is 0 Å². The smallest absolute Gasteiger partial charge is 0.317 e. The largest absolute Gasteiger partial charge is 0.480 e. The highest BCUT2D eigenvalue weighted by Crippen LogP contribution is 2.31. The predicted molar refractivity (Wildman–Crippen MR) is 77.4 cm³/mol. The molecule has 9 heteroatoms. The van der Waals surface area contributed by atoms with Crippen molar-refractivity contribution in [1.29, 1.82) is 0 Å². The number of carboxylic acids is 1. The van der Waals surface area contributed by atoms with Gasteiger partial charge in [0.1, 0.15) is 0 Å². The standard InChI is InChI=1S/C11H20N3O4PS/c15-10(16)9-12-11(19-20,13-1-5-17-6-2-13)14-3-7-18-8-4-14/h12H,1-9H2,(H,15,16). The summed E-state index contributed by atoms with van der Waals surface area (Å²) in [6, 6.07) is 0. The van der Waals surface area contributed by atoms with Crippen molar-refractivity contribution in [1.82, 2.24) is 15.1 Å². The lowest BCUT2D eigenvalue weighted by atomic mass is 10.3. The van der Waals surface area contributed by atoms with E-state index in [9.17, 15) is 4.79 Å². The summed E-state index contributed by atoms with van der Waals surface area (Å²) in [6.07, 6.45) is 0. The van der Waals surface area contributed by atoms with Crippen molar-refractivity contribution in [3.8, 4) is 0 Å². The molecule has 0 atom stereocenters. The van der Waals surface area contributed by atoms with E-state index in [1.807, 2.05) is 0 Å². The van der Waals surface area contributed by atoms with Gasteiger partial charge in [-0.1, -0.05) is 11.8 Å². The summed E-state index contributed by atoms with van der Waals surface area (Å²) in [4.78, 5) is 15.3. The van der Waals surface area contributed by atoms with Crippen molar-refractivity contribution in [2.75, 3.05) is 59.2 Å². The lowest BCUT2D eigenvalue weighted by Gasteiger charge is -2.50. The second kappa shape index (κ2) is 7.70. The molecular weight excluding hydrogens is 301 g/mol. The number of hydrogen-bond acceptors (Lipinski definition) is 7. The summed E-state index contributed by atoms with van der Waals surface area (Å²) in [5.41, 5.74) is -0.624.